The molecule has 5 heteroatoms. The van der Waals surface area contributed by atoms with Crippen LogP contribution in [0.3, 0.4) is 0 Å². The summed E-state index contributed by atoms with van der Waals surface area (Å²) >= 11 is 0. The van der Waals surface area contributed by atoms with Gasteiger partial charge in [-0.2, -0.15) is 0 Å². The Kier molecular flexibility index (Phi) is 4.19. The fourth-order valence-corrected chi connectivity index (χ4v) is 3.03. The topological polar surface area (TPSA) is 51.0 Å². The molecule has 4 aromatic rings. The summed E-state index contributed by atoms with van der Waals surface area (Å²) in [5, 5.41) is 0. The van der Waals surface area contributed by atoms with Crippen molar-refractivity contribution in [2.24, 2.45) is 0 Å². The van der Waals surface area contributed by atoms with Crippen LogP contribution in [0.4, 0.5) is 0 Å². The number of pyridine rings is 1. The maximum atomic E-state index is 13.1. The lowest BCUT2D eigenvalue weighted by atomic mass is 10.1. The number of para-hydroxylation sites is 1. The molecule has 0 aliphatic rings. The Balaban J connectivity index is 1.70. The van der Waals surface area contributed by atoms with E-state index in [1.54, 1.807) is 17.4 Å². The SMILES string of the molecule is CN(Cc1ccccc1)C(=O)c1ccccc1-n1cnc2cccnc21. The second-order valence-corrected chi connectivity index (χ2v) is 6.12. The number of carbonyl (C=O) groups is 1. The number of hydrogen-bond acceptors (Lipinski definition) is 3. The van der Waals surface area contributed by atoms with E-state index in [4.69, 9.17) is 0 Å². The second kappa shape index (κ2) is 6.80. The summed E-state index contributed by atoms with van der Waals surface area (Å²) < 4.78 is 1.86. The maximum absolute atomic E-state index is 13.1. The molecule has 0 spiro atoms. The zero-order valence-corrected chi connectivity index (χ0v) is 14.4. The highest BCUT2D eigenvalue weighted by Gasteiger charge is 2.18. The number of hydrogen-bond donors (Lipinski definition) is 0. The molecule has 26 heavy (non-hydrogen) atoms. The monoisotopic (exact) mass is 342 g/mol. The van der Waals surface area contributed by atoms with Crippen LogP contribution in [0.5, 0.6) is 0 Å². The molecular weight excluding hydrogens is 324 g/mol. The molecule has 0 aliphatic carbocycles. The van der Waals surface area contributed by atoms with E-state index in [2.05, 4.69) is 9.97 Å². The lowest BCUT2D eigenvalue weighted by Gasteiger charge is -2.19. The van der Waals surface area contributed by atoms with Crippen LogP contribution in [0.1, 0.15) is 15.9 Å². The summed E-state index contributed by atoms with van der Waals surface area (Å²) in [4.78, 5) is 23.6. The number of fused-ring (bicyclic) bond motifs is 1. The summed E-state index contributed by atoms with van der Waals surface area (Å²) in [6.07, 6.45) is 3.44. The van der Waals surface area contributed by atoms with E-state index in [1.165, 1.54) is 0 Å². The largest absolute Gasteiger partial charge is 0.337 e. The van der Waals surface area contributed by atoms with E-state index in [-0.39, 0.29) is 5.91 Å². The quantitative estimate of drug-likeness (QED) is 0.568. The van der Waals surface area contributed by atoms with Gasteiger partial charge in [0.1, 0.15) is 11.8 Å². The summed E-state index contributed by atoms with van der Waals surface area (Å²) in [5.41, 5.74) is 4.02. The van der Waals surface area contributed by atoms with Gasteiger partial charge in [0.2, 0.25) is 0 Å². The van der Waals surface area contributed by atoms with Crippen molar-refractivity contribution in [3.63, 3.8) is 0 Å². The van der Waals surface area contributed by atoms with E-state index in [0.717, 1.165) is 22.4 Å². The van der Waals surface area contributed by atoms with Crippen LogP contribution in [0, 0.1) is 0 Å². The average Bonchev–Trinajstić information content (AvgIpc) is 3.12. The van der Waals surface area contributed by atoms with Gasteiger partial charge < -0.3 is 4.90 Å². The highest BCUT2D eigenvalue weighted by Crippen LogP contribution is 2.21. The first-order valence-electron chi connectivity index (χ1n) is 8.41. The number of rotatable bonds is 4. The molecule has 2 heterocycles. The molecule has 0 bridgehead atoms. The zero-order valence-electron chi connectivity index (χ0n) is 14.4. The smallest absolute Gasteiger partial charge is 0.256 e. The van der Waals surface area contributed by atoms with Gasteiger partial charge in [0.15, 0.2) is 5.65 Å². The Hall–Kier alpha value is -3.47. The number of nitrogens with zero attached hydrogens (tertiary/aromatic N) is 4. The van der Waals surface area contributed by atoms with Crippen LogP contribution >= 0.6 is 0 Å². The first kappa shape index (κ1) is 16.0. The van der Waals surface area contributed by atoms with Gasteiger partial charge in [0.25, 0.3) is 5.91 Å². The molecule has 0 fully saturated rings. The predicted octanol–water partition coefficient (Wildman–Crippen LogP) is 3.69. The highest BCUT2D eigenvalue weighted by atomic mass is 16.2. The molecule has 0 aliphatic heterocycles. The minimum absolute atomic E-state index is 0.0396. The summed E-state index contributed by atoms with van der Waals surface area (Å²) in [5.74, 6) is -0.0396. The van der Waals surface area contributed by atoms with Crippen LogP contribution < -0.4 is 0 Å². The number of carbonyl (C=O) groups excluding carboxylic acids is 1. The van der Waals surface area contributed by atoms with Crippen molar-refractivity contribution in [3.8, 4) is 5.69 Å². The molecule has 0 saturated carbocycles. The fourth-order valence-electron chi connectivity index (χ4n) is 3.03. The van der Waals surface area contributed by atoms with Gasteiger partial charge in [0, 0.05) is 19.8 Å². The van der Waals surface area contributed by atoms with Crippen LogP contribution in [0.2, 0.25) is 0 Å². The Labute approximate surface area is 151 Å². The van der Waals surface area contributed by atoms with Crippen molar-refractivity contribution in [1.82, 2.24) is 19.4 Å². The van der Waals surface area contributed by atoms with Gasteiger partial charge in [-0.1, -0.05) is 42.5 Å². The van der Waals surface area contributed by atoms with Crippen molar-refractivity contribution in [1.29, 1.82) is 0 Å². The minimum Gasteiger partial charge on any atom is -0.337 e. The molecule has 128 valence electrons. The van der Waals surface area contributed by atoms with Crippen LogP contribution in [0.15, 0.2) is 79.3 Å². The third kappa shape index (κ3) is 2.95. The molecular formula is C21H18N4O. The summed E-state index contributed by atoms with van der Waals surface area (Å²) in [6.45, 7) is 0.553. The van der Waals surface area contributed by atoms with Crippen LogP contribution in [-0.4, -0.2) is 32.4 Å². The molecule has 5 nitrogen and oxygen atoms in total. The molecule has 0 saturated heterocycles. The number of imidazole rings is 1. The lowest BCUT2D eigenvalue weighted by molar-refractivity contribution is 0.0785. The molecule has 0 N–H and O–H groups in total. The summed E-state index contributed by atoms with van der Waals surface area (Å²) in [7, 11) is 1.82. The van der Waals surface area contributed by atoms with Crippen molar-refractivity contribution in [3.05, 3.63) is 90.4 Å². The Morgan fingerprint density at radius 2 is 1.73 bits per heavy atom. The molecule has 0 radical (unpaired) electrons. The van der Waals surface area contributed by atoms with Gasteiger partial charge in [-0.15, -0.1) is 0 Å². The van der Waals surface area contributed by atoms with Gasteiger partial charge in [-0.05, 0) is 29.8 Å². The second-order valence-electron chi connectivity index (χ2n) is 6.12. The van der Waals surface area contributed by atoms with E-state index >= 15 is 0 Å². The molecule has 0 atom stereocenters. The van der Waals surface area contributed by atoms with Gasteiger partial charge in [-0.3, -0.25) is 9.36 Å². The number of benzene rings is 2. The first-order valence-corrected chi connectivity index (χ1v) is 8.41. The van der Waals surface area contributed by atoms with E-state index in [0.29, 0.717) is 12.1 Å². The van der Waals surface area contributed by atoms with Gasteiger partial charge >= 0.3 is 0 Å². The zero-order chi connectivity index (χ0) is 17.9. The normalized spacial score (nSPS) is 10.8. The number of amides is 1. The lowest BCUT2D eigenvalue weighted by Crippen LogP contribution is -2.27. The minimum atomic E-state index is -0.0396. The maximum Gasteiger partial charge on any atom is 0.256 e. The standard InChI is InChI=1S/C21H18N4O/c1-24(14-16-8-3-2-4-9-16)21(26)17-10-5-6-12-19(17)25-15-23-18-11-7-13-22-20(18)25/h2-13,15H,14H2,1H3. The van der Waals surface area contributed by atoms with Crippen molar-refractivity contribution < 1.29 is 4.79 Å². The third-order valence-corrected chi connectivity index (χ3v) is 4.31. The molecule has 1 amide bonds. The van der Waals surface area contributed by atoms with Crippen LogP contribution in [0.25, 0.3) is 16.9 Å². The van der Waals surface area contributed by atoms with Crippen molar-refractivity contribution >= 4 is 17.1 Å². The van der Waals surface area contributed by atoms with E-state index in [9.17, 15) is 4.79 Å². The van der Waals surface area contributed by atoms with Crippen molar-refractivity contribution in [2.45, 2.75) is 6.54 Å². The molecule has 0 unspecified atom stereocenters. The predicted molar refractivity (Wildman–Crippen MR) is 101 cm³/mol. The highest BCUT2D eigenvalue weighted by molar-refractivity contribution is 5.98. The third-order valence-electron chi connectivity index (χ3n) is 4.31. The van der Waals surface area contributed by atoms with Gasteiger partial charge in [0.05, 0.1) is 11.3 Å². The fraction of sp³-hybridized carbons (Fsp3) is 0.0952. The Morgan fingerprint density at radius 3 is 2.58 bits per heavy atom. The summed E-state index contributed by atoms with van der Waals surface area (Å²) in [6, 6.07) is 21.3. The van der Waals surface area contributed by atoms with Crippen LogP contribution in [-0.2, 0) is 6.54 Å². The van der Waals surface area contributed by atoms with E-state index < -0.39 is 0 Å². The van der Waals surface area contributed by atoms with Gasteiger partial charge in [-0.25, -0.2) is 9.97 Å². The number of aromatic nitrogens is 3. The van der Waals surface area contributed by atoms with E-state index in [1.807, 2.05) is 78.3 Å². The van der Waals surface area contributed by atoms with Crippen molar-refractivity contribution in [2.75, 3.05) is 7.05 Å². The Morgan fingerprint density at radius 1 is 0.962 bits per heavy atom. The molecule has 2 aromatic heterocycles. The molecule has 2 aromatic carbocycles. The Bertz CT molecular complexity index is 1060. The molecule has 4 rings (SSSR count). The average molecular weight is 342 g/mol. The first-order chi connectivity index (χ1) is 12.7.